The van der Waals surface area contributed by atoms with Gasteiger partial charge >= 0.3 is 6.03 Å². The number of fused-ring (bicyclic) bond motifs is 2. The van der Waals surface area contributed by atoms with Gasteiger partial charge in [0, 0.05) is 17.3 Å². The van der Waals surface area contributed by atoms with Gasteiger partial charge in [-0.25, -0.2) is 9.18 Å². The van der Waals surface area contributed by atoms with Crippen LogP contribution in [-0.2, 0) is 19.4 Å². The van der Waals surface area contributed by atoms with Crippen LogP contribution in [-0.4, -0.2) is 37.3 Å². The molecule has 0 aromatic heterocycles. The summed E-state index contributed by atoms with van der Waals surface area (Å²) in [4.78, 5) is 15.6. The second-order valence-electron chi connectivity index (χ2n) is 12.1. The highest BCUT2D eigenvalue weighted by Crippen LogP contribution is 2.43. The molecule has 1 N–H and O–H groups in total. The van der Waals surface area contributed by atoms with Gasteiger partial charge in [0.15, 0.2) is 11.5 Å². The molecule has 4 aromatic carbocycles. The summed E-state index contributed by atoms with van der Waals surface area (Å²) >= 11 is 6.06. The number of methoxy groups -OCH3 is 2. The number of carbonyl (C=O) groups excluding carboxylic acids is 1. The highest BCUT2D eigenvalue weighted by Gasteiger charge is 2.37. The Labute approximate surface area is 274 Å². The quantitative estimate of drug-likeness (QED) is 0.197. The molecule has 240 valence electrons. The van der Waals surface area contributed by atoms with Crippen molar-refractivity contribution in [3.63, 3.8) is 0 Å². The molecule has 0 aliphatic carbocycles. The molecule has 0 saturated carbocycles. The third-order valence-corrected chi connectivity index (χ3v) is 9.19. The molecule has 2 aliphatic heterocycles. The number of hydrogen-bond donors (Lipinski definition) is 1. The smallest absolute Gasteiger partial charge is 0.322 e. The highest BCUT2D eigenvalue weighted by atomic mass is 35.5. The van der Waals surface area contributed by atoms with E-state index in [4.69, 9.17) is 30.5 Å². The molecule has 2 amide bonds. The van der Waals surface area contributed by atoms with E-state index in [1.165, 1.54) is 12.1 Å². The fraction of sp³-hybridized carbons (Fsp3) is 0.324. The van der Waals surface area contributed by atoms with Crippen LogP contribution < -0.4 is 24.3 Å². The van der Waals surface area contributed by atoms with Crippen molar-refractivity contribution in [2.75, 3.05) is 26.1 Å². The third-order valence-electron chi connectivity index (χ3n) is 8.94. The Balaban J connectivity index is 1.18. The molecule has 2 unspecified atom stereocenters. The molecular formula is C37H38ClFN2O5. The third kappa shape index (κ3) is 7.02. The number of ether oxygens (including phenoxy) is 4. The van der Waals surface area contributed by atoms with Crippen LogP contribution in [0.3, 0.4) is 0 Å². The van der Waals surface area contributed by atoms with Gasteiger partial charge in [0.1, 0.15) is 29.5 Å². The molecule has 0 radical (unpaired) electrons. The predicted octanol–water partition coefficient (Wildman–Crippen LogP) is 8.77. The second-order valence-corrected chi connectivity index (χ2v) is 12.5. The molecule has 46 heavy (non-hydrogen) atoms. The van der Waals surface area contributed by atoms with Crippen molar-refractivity contribution in [1.82, 2.24) is 4.90 Å². The molecule has 0 saturated heterocycles. The minimum absolute atomic E-state index is 0.166. The number of amides is 2. The van der Waals surface area contributed by atoms with Gasteiger partial charge in [-0.3, -0.25) is 0 Å². The maximum atomic E-state index is 13.7. The lowest BCUT2D eigenvalue weighted by atomic mass is 9.83. The largest absolute Gasteiger partial charge is 0.493 e. The first-order chi connectivity index (χ1) is 22.2. The van der Waals surface area contributed by atoms with E-state index in [0.717, 1.165) is 53.0 Å². The van der Waals surface area contributed by atoms with Crippen LogP contribution in [0.15, 0.2) is 78.9 Å². The highest BCUT2D eigenvalue weighted by molar-refractivity contribution is 6.30. The van der Waals surface area contributed by atoms with Gasteiger partial charge in [0.05, 0.1) is 20.3 Å². The van der Waals surface area contributed by atoms with Gasteiger partial charge in [-0.15, -0.1) is 0 Å². The summed E-state index contributed by atoms with van der Waals surface area (Å²) in [5.74, 6) is 2.65. The van der Waals surface area contributed by atoms with Crippen LogP contribution in [0.25, 0.3) is 0 Å². The van der Waals surface area contributed by atoms with Crippen LogP contribution in [0.5, 0.6) is 23.0 Å². The number of rotatable bonds is 9. The Bertz CT molecular complexity index is 1700. The van der Waals surface area contributed by atoms with Crippen LogP contribution in [0.2, 0.25) is 5.02 Å². The lowest BCUT2D eigenvalue weighted by molar-refractivity contribution is 0.0452. The van der Waals surface area contributed by atoms with Crippen molar-refractivity contribution in [3.8, 4) is 23.0 Å². The van der Waals surface area contributed by atoms with E-state index in [1.807, 2.05) is 35.2 Å². The van der Waals surface area contributed by atoms with Crippen molar-refractivity contribution in [3.05, 3.63) is 112 Å². The summed E-state index contributed by atoms with van der Waals surface area (Å²) in [5.41, 5.74) is 4.46. The van der Waals surface area contributed by atoms with Crippen LogP contribution in [0.1, 0.15) is 54.5 Å². The fourth-order valence-corrected chi connectivity index (χ4v) is 6.46. The Morgan fingerprint density at radius 1 is 0.978 bits per heavy atom. The first-order valence-corrected chi connectivity index (χ1v) is 15.9. The van der Waals surface area contributed by atoms with Crippen LogP contribution >= 0.6 is 11.6 Å². The van der Waals surface area contributed by atoms with Crippen molar-refractivity contribution in [1.29, 1.82) is 0 Å². The number of aryl methyl sites for hydroxylation is 1. The first-order valence-electron chi connectivity index (χ1n) is 15.5. The zero-order valence-electron chi connectivity index (χ0n) is 26.3. The molecule has 2 aliphatic rings. The number of hydrogen-bond acceptors (Lipinski definition) is 5. The molecule has 2 atom stereocenters. The van der Waals surface area contributed by atoms with Crippen molar-refractivity contribution in [2.45, 2.75) is 57.3 Å². The maximum Gasteiger partial charge on any atom is 0.322 e. The number of halogens is 2. The Kier molecular flexibility index (Phi) is 9.27. The van der Waals surface area contributed by atoms with E-state index in [0.29, 0.717) is 48.2 Å². The van der Waals surface area contributed by atoms with E-state index in [-0.39, 0.29) is 17.9 Å². The van der Waals surface area contributed by atoms with Crippen molar-refractivity contribution >= 4 is 23.3 Å². The summed E-state index contributed by atoms with van der Waals surface area (Å²) in [7, 11) is 3.26. The monoisotopic (exact) mass is 644 g/mol. The number of nitrogens with zero attached hydrogens (tertiary/aromatic N) is 1. The summed E-state index contributed by atoms with van der Waals surface area (Å²) in [6, 6.07) is 23.0. The van der Waals surface area contributed by atoms with Gasteiger partial charge in [0.2, 0.25) is 0 Å². The van der Waals surface area contributed by atoms with E-state index >= 15 is 0 Å². The van der Waals surface area contributed by atoms with E-state index in [2.05, 4.69) is 12.2 Å². The summed E-state index contributed by atoms with van der Waals surface area (Å²) in [6.07, 6.45) is 3.79. The summed E-state index contributed by atoms with van der Waals surface area (Å²) in [6.45, 7) is 3.07. The van der Waals surface area contributed by atoms with E-state index in [1.54, 1.807) is 50.6 Å². The average Bonchev–Trinajstić information content (AvgIpc) is 3.07. The summed E-state index contributed by atoms with van der Waals surface area (Å²) < 4.78 is 37.1. The average molecular weight is 645 g/mol. The zero-order chi connectivity index (χ0) is 32.3. The Morgan fingerprint density at radius 2 is 1.72 bits per heavy atom. The zero-order valence-corrected chi connectivity index (χ0v) is 27.0. The van der Waals surface area contributed by atoms with Crippen LogP contribution in [0, 0.1) is 5.82 Å². The number of anilines is 1. The standard InChI is InChI=1S/C37H38ClFN2O5/c1-37(17-14-26-20-30(12-13-33(26)46-37)45-23-24-4-8-28(39)9-5-24)18-15-32-31-22-35(44-3)34(43-2)21-25(31)16-19-41(32)36(42)40-29-10-6-27(38)7-11-29/h4-13,20-22,32H,14-19,23H2,1-3H3,(H,40,42). The molecule has 9 heteroatoms. The maximum absolute atomic E-state index is 13.7. The van der Waals surface area contributed by atoms with E-state index < -0.39 is 5.60 Å². The minimum atomic E-state index is -0.421. The van der Waals surface area contributed by atoms with Crippen molar-refractivity contribution in [2.24, 2.45) is 0 Å². The van der Waals surface area contributed by atoms with E-state index in [9.17, 15) is 9.18 Å². The number of carbonyl (C=O) groups is 1. The van der Waals surface area contributed by atoms with Crippen LogP contribution in [0.4, 0.5) is 14.9 Å². The van der Waals surface area contributed by atoms with Gasteiger partial charge in [-0.2, -0.15) is 0 Å². The van der Waals surface area contributed by atoms with Gasteiger partial charge in [-0.05, 0) is 128 Å². The normalized spacial score (nSPS) is 18.5. The fourth-order valence-electron chi connectivity index (χ4n) is 6.33. The minimum Gasteiger partial charge on any atom is -0.493 e. The summed E-state index contributed by atoms with van der Waals surface area (Å²) in [5, 5.41) is 3.66. The van der Waals surface area contributed by atoms with Gasteiger partial charge in [-0.1, -0.05) is 23.7 Å². The predicted molar refractivity (Wildman–Crippen MR) is 177 cm³/mol. The SMILES string of the molecule is COc1cc2c(cc1OC)C(CCC1(C)CCc3cc(OCc4ccc(F)cc4)ccc3O1)N(C(=O)Nc1ccc(Cl)cc1)CC2. The Morgan fingerprint density at radius 3 is 2.46 bits per heavy atom. The molecule has 7 nitrogen and oxygen atoms in total. The molecule has 0 spiro atoms. The molecule has 4 aromatic rings. The van der Waals surface area contributed by atoms with Gasteiger partial charge < -0.3 is 29.2 Å². The molecular weight excluding hydrogens is 607 g/mol. The van der Waals surface area contributed by atoms with Gasteiger partial charge in [0.25, 0.3) is 0 Å². The number of benzene rings is 4. The number of nitrogens with one attached hydrogen (secondary N) is 1. The lowest BCUT2D eigenvalue weighted by Crippen LogP contribution is -2.44. The molecule has 2 heterocycles. The molecule has 6 rings (SSSR count). The van der Waals surface area contributed by atoms with Crippen molar-refractivity contribution < 1.29 is 28.1 Å². The topological polar surface area (TPSA) is 69.3 Å². The lowest BCUT2D eigenvalue weighted by Gasteiger charge is -2.41. The Hall–Kier alpha value is -4.43. The second kappa shape index (κ2) is 13.5. The molecule has 0 bridgehead atoms. The first kappa shape index (κ1) is 31.5. The number of urea groups is 1. The molecule has 0 fully saturated rings.